The Bertz CT molecular complexity index is 1480. The minimum absolute atomic E-state index is 0.233. The third-order valence-electron chi connectivity index (χ3n) is 6.47. The van der Waals surface area contributed by atoms with Crippen LogP contribution in [0.25, 0.3) is 0 Å². The Labute approximate surface area is 221 Å². The minimum Gasteiger partial charge on any atom is -0.489 e. The Kier molecular flexibility index (Phi) is 7.54. The summed E-state index contributed by atoms with van der Waals surface area (Å²) >= 11 is 0. The lowest BCUT2D eigenvalue weighted by Gasteiger charge is -2.09. The highest BCUT2D eigenvalue weighted by Gasteiger charge is 2.12. The Morgan fingerprint density at radius 1 is 0.868 bits per heavy atom. The van der Waals surface area contributed by atoms with Crippen molar-refractivity contribution < 1.29 is 14.3 Å². The van der Waals surface area contributed by atoms with E-state index in [9.17, 15) is 9.59 Å². The molecule has 2 amide bonds. The molecule has 1 aromatic heterocycles. The number of rotatable bonds is 8. The fraction of sp³-hybridized carbons (Fsp3) is 0.161. The van der Waals surface area contributed by atoms with Crippen LogP contribution in [0.4, 0.5) is 5.69 Å². The summed E-state index contributed by atoms with van der Waals surface area (Å²) < 4.78 is 5.98. The van der Waals surface area contributed by atoms with Gasteiger partial charge in [-0.2, -0.15) is 5.10 Å². The summed E-state index contributed by atoms with van der Waals surface area (Å²) in [6.45, 7) is 2.19. The van der Waals surface area contributed by atoms with Gasteiger partial charge in [-0.3, -0.25) is 14.6 Å². The third kappa shape index (κ3) is 6.13. The second-order valence-electron chi connectivity index (χ2n) is 9.18. The number of hydrogen-bond donors (Lipinski definition) is 2. The van der Waals surface area contributed by atoms with Crippen molar-refractivity contribution in [2.45, 2.75) is 32.8 Å². The number of hydrogen-bond acceptors (Lipinski definition) is 5. The summed E-state index contributed by atoms with van der Waals surface area (Å²) in [5.41, 5.74) is 9.41. The van der Waals surface area contributed by atoms with E-state index in [2.05, 4.69) is 33.0 Å². The van der Waals surface area contributed by atoms with E-state index in [0.29, 0.717) is 29.1 Å². The highest BCUT2D eigenvalue weighted by Crippen LogP contribution is 2.26. The van der Waals surface area contributed by atoms with Crippen LogP contribution < -0.4 is 15.5 Å². The summed E-state index contributed by atoms with van der Waals surface area (Å²) in [5, 5.41) is 7.09. The number of carbonyl (C=O) groups excluding carboxylic acids is 2. The highest BCUT2D eigenvalue weighted by molar-refractivity contribution is 6.05. The van der Waals surface area contributed by atoms with Crippen LogP contribution in [0, 0.1) is 0 Å². The van der Waals surface area contributed by atoms with Crippen molar-refractivity contribution in [3.8, 4) is 5.75 Å². The van der Waals surface area contributed by atoms with Gasteiger partial charge in [0.25, 0.3) is 11.8 Å². The van der Waals surface area contributed by atoms with E-state index < -0.39 is 0 Å². The average molecular weight is 505 g/mol. The van der Waals surface area contributed by atoms with E-state index in [-0.39, 0.29) is 11.8 Å². The molecule has 0 saturated carbocycles. The van der Waals surface area contributed by atoms with Crippen LogP contribution in [-0.4, -0.2) is 22.5 Å². The van der Waals surface area contributed by atoms with E-state index in [1.165, 1.54) is 23.7 Å². The average Bonchev–Trinajstić information content (AvgIpc) is 3.44. The second-order valence-corrected chi connectivity index (χ2v) is 9.18. The molecule has 38 heavy (non-hydrogen) atoms. The number of nitrogens with one attached hydrogen (secondary N) is 2. The molecule has 4 aromatic rings. The van der Waals surface area contributed by atoms with Crippen LogP contribution in [0.1, 0.15) is 56.3 Å². The van der Waals surface area contributed by atoms with Gasteiger partial charge in [0.2, 0.25) is 0 Å². The van der Waals surface area contributed by atoms with E-state index in [1.807, 2.05) is 43.3 Å². The van der Waals surface area contributed by atoms with Gasteiger partial charge in [-0.15, -0.1) is 0 Å². The molecule has 0 unspecified atom stereocenters. The van der Waals surface area contributed by atoms with Gasteiger partial charge in [0.05, 0.1) is 11.3 Å². The normalized spacial score (nSPS) is 12.5. The van der Waals surface area contributed by atoms with Crippen LogP contribution >= 0.6 is 0 Å². The van der Waals surface area contributed by atoms with Crippen molar-refractivity contribution in [3.63, 3.8) is 0 Å². The second kappa shape index (κ2) is 11.5. The van der Waals surface area contributed by atoms with Crippen LogP contribution in [0.2, 0.25) is 0 Å². The fourth-order valence-corrected chi connectivity index (χ4v) is 4.37. The first-order valence-electron chi connectivity index (χ1n) is 12.6. The smallest absolute Gasteiger partial charge is 0.271 e. The molecule has 0 fully saturated rings. The number of anilines is 1. The summed E-state index contributed by atoms with van der Waals surface area (Å²) in [6.07, 6.45) is 6.59. The lowest BCUT2D eigenvalue weighted by molar-refractivity contribution is 0.0953. The number of hydrazone groups is 1. The lowest BCUT2D eigenvalue weighted by Crippen LogP contribution is -2.19. The van der Waals surface area contributed by atoms with E-state index >= 15 is 0 Å². The van der Waals surface area contributed by atoms with Gasteiger partial charge in [0.1, 0.15) is 12.4 Å². The number of aryl methyl sites for hydroxylation is 2. The maximum atomic E-state index is 12.7. The maximum absolute atomic E-state index is 12.7. The number of nitrogens with zero attached hydrogens (tertiary/aromatic N) is 2. The van der Waals surface area contributed by atoms with Gasteiger partial charge >= 0.3 is 0 Å². The van der Waals surface area contributed by atoms with Gasteiger partial charge in [0, 0.05) is 23.6 Å². The molecule has 0 radical (unpaired) electrons. The number of carbonyl (C=O) groups is 2. The van der Waals surface area contributed by atoms with Gasteiger partial charge in [-0.05, 0) is 97.0 Å². The van der Waals surface area contributed by atoms with Gasteiger partial charge in [-0.1, -0.05) is 30.3 Å². The van der Waals surface area contributed by atoms with Crippen LogP contribution in [0.5, 0.6) is 5.75 Å². The molecule has 1 aliphatic rings. The van der Waals surface area contributed by atoms with Crippen LogP contribution in [0.3, 0.4) is 0 Å². The van der Waals surface area contributed by atoms with Crippen molar-refractivity contribution in [1.29, 1.82) is 0 Å². The lowest BCUT2D eigenvalue weighted by atomic mass is 10.1. The molecule has 7 nitrogen and oxygen atoms in total. The molecule has 190 valence electrons. The maximum Gasteiger partial charge on any atom is 0.271 e. The molecular formula is C31H28N4O3. The Balaban J connectivity index is 1.16. The van der Waals surface area contributed by atoms with Gasteiger partial charge in [-0.25, -0.2) is 5.43 Å². The van der Waals surface area contributed by atoms with Crippen molar-refractivity contribution >= 4 is 23.2 Å². The molecule has 3 aromatic carbocycles. The monoisotopic (exact) mass is 504 g/mol. The minimum atomic E-state index is -0.302. The number of pyridine rings is 1. The molecule has 0 spiro atoms. The summed E-state index contributed by atoms with van der Waals surface area (Å²) in [6, 6.07) is 24.3. The topological polar surface area (TPSA) is 92.7 Å². The number of fused-ring (bicyclic) bond motifs is 1. The third-order valence-corrected chi connectivity index (χ3v) is 6.47. The zero-order valence-corrected chi connectivity index (χ0v) is 21.1. The fourth-order valence-electron chi connectivity index (χ4n) is 4.37. The summed E-state index contributed by atoms with van der Waals surface area (Å²) in [5.74, 6) is 0.316. The van der Waals surface area contributed by atoms with E-state index in [4.69, 9.17) is 4.74 Å². The van der Waals surface area contributed by atoms with Gasteiger partial charge in [0.15, 0.2) is 0 Å². The first-order valence-corrected chi connectivity index (χ1v) is 12.6. The molecule has 5 rings (SSSR count). The molecule has 0 atom stereocenters. The van der Waals surface area contributed by atoms with Crippen molar-refractivity contribution in [2.75, 3.05) is 5.32 Å². The summed E-state index contributed by atoms with van der Waals surface area (Å²) in [7, 11) is 0. The van der Waals surface area contributed by atoms with E-state index in [1.54, 1.807) is 36.5 Å². The molecule has 1 heterocycles. The Hall–Kier alpha value is -4.78. The Morgan fingerprint density at radius 3 is 2.50 bits per heavy atom. The molecule has 2 N–H and O–H groups in total. The zero-order chi connectivity index (χ0) is 26.3. The molecule has 0 saturated heterocycles. The SMILES string of the molecule is C/C(=N/NC(=O)c1cccc(COc2ccc3c(c2)CCC3)c1)c1ccc(NC(=O)c2cccnc2)cc1. The Morgan fingerprint density at radius 2 is 1.68 bits per heavy atom. The van der Waals surface area contributed by atoms with Gasteiger partial charge < -0.3 is 10.1 Å². The number of aromatic nitrogens is 1. The predicted molar refractivity (Wildman–Crippen MR) is 148 cm³/mol. The predicted octanol–water partition coefficient (Wildman–Crippen LogP) is 5.56. The van der Waals surface area contributed by atoms with Crippen LogP contribution in [-0.2, 0) is 19.4 Å². The molecule has 0 bridgehead atoms. The molecule has 0 aliphatic heterocycles. The van der Waals surface area contributed by atoms with Crippen molar-refractivity contribution in [3.05, 3.63) is 125 Å². The molecule has 1 aliphatic carbocycles. The van der Waals surface area contributed by atoms with E-state index in [0.717, 1.165) is 29.7 Å². The summed E-state index contributed by atoms with van der Waals surface area (Å²) in [4.78, 5) is 29.0. The first-order chi connectivity index (χ1) is 18.5. The zero-order valence-electron chi connectivity index (χ0n) is 21.1. The quantitative estimate of drug-likeness (QED) is 0.243. The number of ether oxygens (including phenoxy) is 1. The molecule has 7 heteroatoms. The van der Waals surface area contributed by atoms with Crippen molar-refractivity contribution in [1.82, 2.24) is 10.4 Å². The van der Waals surface area contributed by atoms with Crippen molar-refractivity contribution in [2.24, 2.45) is 5.10 Å². The number of benzene rings is 3. The first kappa shape index (κ1) is 24.9. The molecular weight excluding hydrogens is 476 g/mol. The standard InChI is InChI=1S/C31H28N4O3/c1-21(23-10-13-28(14-11-23)33-30(36)27-9-4-16-32-19-27)34-35-31(37)26-8-2-5-22(17-26)20-38-29-15-12-24-6-3-7-25(24)18-29/h2,4-5,8-19H,3,6-7,20H2,1H3,(H,33,36)(H,35,37)/b34-21-. The van der Waals surface area contributed by atoms with Crippen LogP contribution in [0.15, 0.2) is 96.4 Å². The largest absolute Gasteiger partial charge is 0.489 e. The highest BCUT2D eigenvalue weighted by atomic mass is 16.5. The number of amides is 2.